The number of carbonyl (C=O) groups is 1. The van der Waals surface area contributed by atoms with Gasteiger partial charge in [0.1, 0.15) is 11.8 Å². The lowest BCUT2D eigenvalue weighted by molar-refractivity contribution is -0.138. The van der Waals surface area contributed by atoms with E-state index >= 15 is 0 Å². The van der Waals surface area contributed by atoms with Gasteiger partial charge in [-0.15, -0.1) is 0 Å². The van der Waals surface area contributed by atoms with Gasteiger partial charge in [0.2, 0.25) is 5.91 Å². The Kier molecular flexibility index (Phi) is 5.69. The molecule has 1 aliphatic heterocycles. The molecule has 0 fully saturated rings. The van der Waals surface area contributed by atoms with Gasteiger partial charge in [0.25, 0.3) is 0 Å². The van der Waals surface area contributed by atoms with Crippen LogP contribution in [0.25, 0.3) is 0 Å². The van der Waals surface area contributed by atoms with Gasteiger partial charge in [-0.3, -0.25) is 9.79 Å². The van der Waals surface area contributed by atoms with E-state index in [4.69, 9.17) is 11.6 Å². The molecule has 164 valence electrons. The molecule has 4 rings (SSSR count). The van der Waals surface area contributed by atoms with Gasteiger partial charge in [0, 0.05) is 22.6 Å². The smallest absolute Gasteiger partial charge is 0.416 e. The first-order valence-corrected chi connectivity index (χ1v) is 10.1. The maximum atomic E-state index is 13.5. The topological polar surface area (TPSA) is 61.7 Å². The van der Waals surface area contributed by atoms with Crippen LogP contribution in [0.3, 0.4) is 0 Å². The van der Waals surface area contributed by atoms with Crippen molar-refractivity contribution in [3.8, 4) is 5.75 Å². The maximum Gasteiger partial charge on any atom is 0.416 e. The van der Waals surface area contributed by atoms with Crippen molar-refractivity contribution in [2.75, 3.05) is 5.32 Å². The fourth-order valence-corrected chi connectivity index (χ4v) is 3.85. The van der Waals surface area contributed by atoms with E-state index in [9.17, 15) is 23.1 Å². The largest absolute Gasteiger partial charge is 0.508 e. The zero-order chi connectivity index (χ0) is 23.0. The third kappa shape index (κ3) is 4.34. The van der Waals surface area contributed by atoms with Crippen LogP contribution >= 0.6 is 11.6 Å². The van der Waals surface area contributed by atoms with Crippen LogP contribution in [-0.2, 0) is 17.4 Å². The molecule has 0 saturated carbocycles. The van der Waals surface area contributed by atoms with Gasteiger partial charge in [-0.2, -0.15) is 13.2 Å². The molecular formula is C24H18ClF3N2O2. The Labute approximate surface area is 187 Å². The minimum Gasteiger partial charge on any atom is -0.508 e. The number of aromatic hydroxyl groups is 1. The summed E-state index contributed by atoms with van der Waals surface area (Å²) in [5.74, 6) is -0.421. The molecule has 8 heteroatoms. The van der Waals surface area contributed by atoms with E-state index in [0.29, 0.717) is 33.1 Å². The Bertz CT molecular complexity index is 1240. The predicted octanol–water partition coefficient (Wildman–Crippen LogP) is 5.77. The number of benzene rings is 3. The van der Waals surface area contributed by atoms with Crippen molar-refractivity contribution in [1.29, 1.82) is 0 Å². The van der Waals surface area contributed by atoms with Crippen molar-refractivity contribution >= 4 is 28.9 Å². The summed E-state index contributed by atoms with van der Waals surface area (Å²) in [5, 5.41) is 13.1. The molecule has 1 atom stereocenters. The van der Waals surface area contributed by atoms with Crippen LogP contribution in [0.4, 0.5) is 18.9 Å². The molecule has 0 spiro atoms. The van der Waals surface area contributed by atoms with Crippen molar-refractivity contribution in [2.45, 2.75) is 25.6 Å². The molecule has 3 aromatic carbocycles. The van der Waals surface area contributed by atoms with Gasteiger partial charge in [0.05, 0.1) is 17.0 Å². The highest BCUT2D eigenvalue weighted by atomic mass is 35.5. The molecule has 0 aromatic heterocycles. The quantitative estimate of drug-likeness (QED) is 0.523. The molecular weight excluding hydrogens is 441 g/mol. The zero-order valence-corrected chi connectivity index (χ0v) is 17.6. The van der Waals surface area contributed by atoms with Crippen LogP contribution in [-0.4, -0.2) is 22.8 Å². The molecule has 1 heterocycles. The number of fused-ring (bicyclic) bond motifs is 1. The van der Waals surface area contributed by atoms with Crippen molar-refractivity contribution in [2.24, 2.45) is 4.99 Å². The van der Waals surface area contributed by atoms with Crippen molar-refractivity contribution in [1.82, 2.24) is 0 Å². The van der Waals surface area contributed by atoms with E-state index in [1.807, 2.05) is 0 Å². The van der Waals surface area contributed by atoms with E-state index < -0.39 is 23.7 Å². The number of phenols is 1. The van der Waals surface area contributed by atoms with E-state index in [1.165, 1.54) is 24.3 Å². The molecule has 0 aliphatic carbocycles. The molecule has 0 bridgehead atoms. The van der Waals surface area contributed by atoms with Crippen LogP contribution < -0.4 is 5.32 Å². The summed E-state index contributed by atoms with van der Waals surface area (Å²) >= 11 is 6.18. The SMILES string of the molecule is Cc1cc(C2=NC(Cc3ccccc3C(F)(F)F)C(=O)Nc3ccc(Cl)cc32)ccc1O. The van der Waals surface area contributed by atoms with Crippen LogP contribution in [0, 0.1) is 6.92 Å². The summed E-state index contributed by atoms with van der Waals surface area (Å²) in [5.41, 5.74) is 1.78. The standard InChI is InChI=1S/C24H18ClF3N2O2/c1-13-10-15(6-9-21(13)31)22-17-12-16(25)7-8-19(17)30-23(32)20(29-22)11-14-4-2-3-5-18(14)24(26,27)28/h2-10,12,20,31H,11H2,1H3,(H,30,32). The summed E-state index contributed by atoms with van der Waals surface area (Å²) in [7, 11) is 0. The third-order valence-electron chi connectivity index (χ3n) is 5.29. The number of aryl methyl sites for hydroxylation is 1. The molecule has 32 heavy (non-hydrogen) atoms. The van der Waals surface area contributed by atoms with Gasteiger partial charge in [-0.05, 0) is 60.5 Å². The Morgan fingerprint density at radius 1 is 1.09 bits per heavy atom. The fourth-order valence-electron chi connectivity index (χ4n) is 3.68. The van der Waals surface area contributed by atoms with Crippen LogP contribution in [0.5, 0.6) is 5.75 Å². The lowest BCUT2D eigenvalue weighted by Crippen LogP contribution is -2.28. The average Bonchev–Trinajstić information content (AvgIpc) is 2.86. The lowest BCUT2D eigenvalue weighted by atomic mass is 9.98. The average molecular weight is 459 g/mol. The van der Waals surface area contributed by atoms with Crippen molar-refractivity contribution < 1.29 is 23.1 Å². The minimum atomic E-state index is -4.55. The second-order valence-corrected chi connectivity index (χ2v) is 7.97. The number of carbonyl (C=O) groups excluding carboxylic acids is 1. The second kappa shape index (κ2) is 8.31. The summed E-state index contributed by atoms with van der Waals surface area (Å²) in [4.78, 5) is 17.5. The molecule has 1 aliphatic rings. The highest BCUT2D eigenvalue weighted by molar-refractivity contribution is 6.32. The van der Waals surface area contributed by atoms with Gasteiger partial charge >= 0.3 is 6.18 Å². The zero-order valence-electron chi connectivity index (χ0n) is 16.9. The lowest BCUT2D eigenvalue weighted by Gasteiger charge is -2.16. The number of anilines is 1. The Balaban J connectivity index is 1.85. The summed E-state index contributed by atoms with van der Waals surface area (Å²) in [6, 6.07) is 13.8. The number of rotatable bonds is 3. The number of nitrogens with zero attached hydrogens (tertiary/aromatic N) is 1. The number of nitrogens with one attached hydrogen (secondary N) is 1. The number of benzodiazepines with no additional fused rings is 1. The van der Waals surface area contributed by atoms with E-state index in [-0.39, 0.29) is 17.7 Å². The van der Waals surface area contributed by atoms with Gasteiger partial charge in [-0.25, -0.2) is 0 Å². The number of phenolic OH excluding ortho intramolecular Hbond substituents is 1. The van der Waals surface area contributed by atoms with E-state index in [2.05, 4.69) is 10.3 Å². The van der Waals surface area contributed by atoms with Crippen LogP contribution in [0.15, 0.2) is 65.7 Å². The molecule has 3 aromatic rings. The Morgan fingerprint density at radius 3 is 2.56 bits per heavy atom. The predicted molar refractivity (Wildman–Crippen MR) is 118 cm³/mol. The summed E-state index contributed by atoms with van der Waals surface area (Å²) in [6.45, 7) is 1.72. The number of hydrogen-bond donors (Lipinski definition) is 2. The highest BCUT2D eigenvalue weighted by Crippen LogP contribution is 2.34. The summed E-state index contributed by atoms with van der Waals surface area (Å²) < 4.78 is 40.5. The summed E-state index contributed by atoms with van der Waals surface area (Å²) in [6.07, 6.45) is -4.78. The maximum absolute atomic E-state index is 13.5. The van der Waals surface area contributed by atoms with E-state index in [0.717, 1.165) is 6.07 Å². The number of alkyl halides is 3. The molecule has 4 nitrogen and oxygen atoms in total. The first-order valence-electron chi connectivity index (χ1n) is 9.77. The minimum absolute atomic E-state index is 0.0193. The number of hydrogen-bond acceptors (Lipinski definition) is 3. The fraction of sp³-hybridized carbons (Fsp3) is 0.167. The Morgan fingerprint density at radius 2 is 1.84 bits per heavy atom. The number of halogens is 4. The number of aliphatic imine (C=N–C) groups is 1. The van der Waals surface area contributed by atoms with Gasteiger partial charge in [-0.1, -0.05) is 29.8 Å². The van der Waals surface area contributed by atoms with Crippen LogP contribution in [0.1, 0.15) is 27.8 Å². The Hall–Kier alpha value is -3.32. The molecule has 2 N–H and O–H groups in total. The monoisotopic (exact) mass is 458 g/mol. The van der Waals surface area contributed by atoms with Crippen molar-refractivity contribution in [3.63, 3.8) is 0 Å². The molecule has 1 amide bonds. The molecule has 0 saturated heterocycles. The highest BCUT2D eigenvalue weighted by Gasteiger charge is 2.35. The van der Waals surface area contributed by atoms with E-state index in [1.54, 1.807) is 37.3 Å². The first-order chi connectivity index (χ1) is 15.1. The second-order valence-electron chi connectivity index (χ2n) is 7.53. The van der Waals surface area contributed by atoms with Crippen LogP contribution in [0.2, 0.25) is 5.02 Å². The van der Waals surface area contributed by atoms with Gasteiger partial charge < -0.3 is 10.4 Å². The van der Waals surface area contributed by atoms with Gasteiger partial charge in [0.15, 0.2) is 0 Å². The molecule has 1 unspecified atom stereocenters. The normalized spacial score (nSPS) is 16.1. The molecule has 0 radical (unpaired) electrons. The van der Waals surface area contributed by atoms with Crippen molar-refractivity contribution in [3.05, 3.63) is 93.5 Å². The number of amides is 1. The third-order valence-corrected chi connectivity index (χ3v) is 5.52. The first kappa shape index (κ1) is 21.9.